The van der Waals surface area contributed by atoms with Gasteiger partial charge in [-0.1, -0.05) is 45.6 Å². The lowest BCUT2D eigenvalue weighted by Crippen LogP contribution is -2.25. The number of unbranched alkanes of at least 4 members (excludes halogenated alkanes) is 4. The van der Waals surface area contributed by atoms with E-state index in [4.69, 9.17) is 4.42 Å². The Balaban J connectivity index is 1.89. The molecule has 0 atom stereocenters. The first kappa shape index (κ1) is 18.6. The molecule has 24 heavy (non-hydrogen) atoms. The van der Waals surface area contributed by atoms with E-state index in [0.29, 0.717) is 13.0 Å². The third-order valence-corrected chi connectivity index (χ3v) is 4.51. The van der Waals surface area contributed by atoms with Crippen molar-refractivity contribution in [3.8, 4) is 0 Å². The van der Waals surface area contributed by atoms with E-state index >= 15 is 0 Å². The van der Waals surface area contributed by atoms with Crippen LogP contribution in [0.25, 0.3) is 11.0 Å². The molecule has 1 amide bonds. The molecule has 2 rings (SSSR count). The molecule has 1 N–H and O–H groups in total. The van der Waals surface area contributed by atoms with Gasteiger partial charge in [-0.25, -0.2) is 0 Å². The zero-order chi connectivity index (χ0) is 17.2. The van der Waals surface area contributed by atoms with Crippen molar-refractivity contribution in [3.05, 3.63) is 35.6 Å². The smallest absolute Gasteiger partial charge is 0.220 e. The molecule has 0 saturated carbocycles. The summed E-state index contributed by atoms with van der Waals surface area (Å²) >= 11 is 0. The lowest BCUT2D eigenvalue weighted by Gasteiger charge is -2.05. The van der Waals surface area contributed by atoms with Gasteiger partial charge in [0, 0.05) is 18.4 Å². The van der Waals surface area contributed by atoms with Gasteiger partial charge in [-0.15, -0.1) is 0 Å². The van der Waals surface area contributed by atoms with Gasteiger partial charge < -0.3 is 9.73 Å². The first-order valence-corrected chi connectivity index (χ1v) is 9.50. The average molecular weight is 329 g/mol. The molecule has 0 radical (unpaired) electrons. The molecule has 0 spiro atoms. The predicted octanol–water partition coefficient (Wildman–Crippen LogP) is 5.40. The van der Waals surface area contributed by atoms with Crippen LogP contribution >= 0.6 is 0 Å². The number of amides is 1. The van der Waals surface area contributed by atoms with Crippen molar-refractivity contribution >= 4 is 16.9 Å². The number of furan rings is 1. The number of hydrogen-bond donors (Lipinski definition) is 1. The van der Waals surface area contributed by atoms with Gasteiger partial charge in [0.1, 0.15) is 5.58 Å². The molecular weight excluding hydrogens is 298 g/mol. The number of carbonyl (C=O) groups is 1. The minimum atomic E-state index is 0.154. The highest BCUT2D eigenvalue weighted by atomic mass is 16.3. The van der Waals surface area contributed by atoms with Crippen LogP contribution in [-0.2, 0) is 17.6 Å². The first-order chi connectivity index (χ1) is 11.7. The molecule has 3 nitrogen and oxygen atoms in total. The maximum absolute atomic E-state index is 11.7. The fraction of sp³-hybridized carbons (Fsp3) is 0.571. The van der Waals surface area contributed by atoms with Crippen molar-refractivity contribution in [2.75, 3.05) is 6.54 Å². The summed E-state index contributed by atoms with van der Waals surface area (Å²) in [5.41, 5.74) is 3.52. The quantitative estimate of drug-likeness (QED) is 0.560. The SMILES string of the molecule is CCCCCCc1ccc2occ(CCNC(=O)CCCC)c2c1. The summed E-state index contributed by atoms with van der Waals surface area (Å²) in [6, 6.07) is 6.51. The second-order valence-corrected chi connectivity index (χ2v) is 6.61. The third kappa shape index (κ3) is 5.70. The molecule has 0 aliphatic heterocycles. The Bertz CT molecular complexity index is 630. The zero-order valence-corrected chi connectivity index (χ0v) is 15.2. The van der Waals surface area contributed by atoms with Gasteiger partial charge in [-0.3, -0.25) is 4.79 Å². The Morgan fingerprint density at radius 1 is 1.04 bits per heavy atom. The highest BCUT2D eigenvalue weighted by Gasteiger charge is 2.08. The summed E-state index contributed by atoms with van der Waals surface area (Å²) in [4.78, 5) is 11.7. The van der Waals surface area contributed by atoms with Gasteiger partial charge in [0.25, 0.3) is 0 Å². The Labute approximate surface area is 145 Å². The van der Waals surface area contributed by atoms with E-state index in [0.717, 1.165) is 31.3 Å². The standard InChI is InChI=1S/C21H31NO2/c1-3-5-7-8-9-17-11-12-20-19(15-17)18(16-24-20)13-14-22-21(23)10-6-4-2/h11-12,15-16H,3-10,13-14H2,1-2H3,(H,22,23). The van der Waals surface area contributed by atoms with E-state index < -0.39 is 0 Å². The van der Waals surface area contributed by atoms with Crippen LogP contribution in [0.3, 0.4) is 0 Å². The van der Waals surface area contributed by atoms with Crippen LogP contribution in [0.2, 0.25) is 0 Å². The molecule has 0 aliphatic rings. The van der Waals surface area contributed by atoms with Crippen molar-refractivity contribution in [2.45, 2.75) is 71.6 Å². The predicted molar refractivity (Wildman–Crippen MR) is 100 cm³/mol. The van der Waals surface area contributed by atoms with Gasteiger partial charge >= 0.3 is 0 Å². The highest BCUT2D eigenvalue weighted by molar-refractivity contribution is 5.82. The van der Waals surface area contributed by atoms with E-state index in [1.54, 1.807) is 0 Å². The second kappa shape index (κ2) is 10.2. The normalized spacial score (nSPS) is 11.1. The molecule has 2 aromatic rings. The number of rotatable bonds is 11. The Morgan fingerprint density at radius 3 is 2.67 bits per heavy atom. The molecule has 3 heteroatoms. The number of benzene rings is 1. The molecule has 1 aromatic carbocycles. The highest BCUT2D eigenvalue weighted by Crippen LogP contribution is 2.24. The van der Waals surface area contributed by atoms with Crippen LogP contribution in [0.15, 0.2) is 28.9 Å². The fourth-order valence-electron chi connectivity index (χ4n) is 3.00. The summed E-state index contributed by atoms with van der Waals surface area (Å²) in [6.07, 6.45) is 11.6. The molecule has 0 fully saturated rings. The Morgan fingerprint density at radius 2 is 1.88 bits per heavy atom. The maximum Gasteiger partial charge on any atom is 0.220 e. The van der Waals surface area contributed by atoms with Crippen LogP contribution in [0.1, 0.15) is 69.9 Å². The number of nitrogens with one attached hydrogen (secondary N) is 1. The van der Waals surface area contributed by atoms with Gasteiger partial charge in [-0.2, -0.15) is 0 Å². The van der Waals surface area contributed by atoms with Crippen molar-refractivity contribution in [2.24, 2.45) is 0 Å². The molecular formula is C21H31NO2. The topological polar surface area (TPSA) is 42.2 Å². The van der Waals surface area contributed by atoms with Crippen LogP contribution in [0, 0.1) is 0 Å². The Hall–Kier alpha value is -1.77. The number of aryl methyl sites for hydroxylation is 1. The molecule has 132 valence electrons. The summed E-state index contributed by atoms with van der Waals surface area (Å²) < 4.78 is 5.66. The zero-order valence-electron chi connectivity index (χ0n) is 15.2. The van der Waals surface area contributed by atoms with E-state index in [1.807, 2.05) is 6.26 Å². The second-order valence-electron chi connectivity index (χ2n) is 6.61. The van der Waals surface area contributed by atoms with Gasteiger partial charge in [0.15, 0.2) is 0 Å². The minimum Gasteiger partial charge on any atom is -0.464 e. The van der Waals surface area contributed by atoms with Gasteiger partial charge in [-0.05, 0) is 48.9 Å². The summed E-state index contributed by atoms with van der Waals surface area (Å²) in [5, 5.41) is 4.20. The minimum absolute atomic E-state index is 0.154. The van der Waals surface area contributed by atoms with Gasteiger partial charge in [0.2, 0.25) is 5.91 Å². The number of fused-ring (bicyclic) bond motifs is 1. The van der Waals surface area contributed by atoms with Crippen LogP contribution in [0.5, 0.6) is 0 Å². The monoisotopic (exact) mass is 329 g/mol. The van der Waals surface area contributed by atoms with Gasteiger partial charge in [0.05, 0.1) is 6.26 Å². The molecule has 1 heterocycles. The maximum atomic E-state index is 11.7. The molecule has 0 aliphatic carbocycles. The van der Waals surface area contributed by atoms with E-state index in [-0.39, 0.29) is 5.91 Å². The summed E-state index contributed by atoms with van der Waals surface area (Å²) in [5.74, 6) is 0.154. The van der Waals surface area contributed by atoms with E-state index in [9.17, 15) is 4.79 Å². The van der Waals surface area contributed by atoms with Crippen molar-refractivity contribution in [1.82, 2.24) is 5.32 Å². The summed E-state index contributed by atoms with van der Waals surface area (Å²) in [6.45, 7) is 5.02. The summed E-state index contributed by atoms with van der Waals surface area (Å²) in [7, 11) is 0. The first-order valence-electron chi connectivity index (χ1n) is 9.50. The lowest BCUT2D eigenvalue weighted by atomic mass is 10.0. The fourth-order valence-corrected chi connectivity index (χ4v) is 3.00. The lowest BCUT2D eigenvalue weighted by molar-refractivity contribution is -0.121. The molecule has 0 unspecified atom stereocenters. The van der Waals surface area contributed by atoms with E-state index in [2.05, 4.69) is 37.4 Å². The molecule has 0 saturated heterocycles. The largest absolute Gasteiger partial charge is 0.464 e. The van der Waals surface area contributed by atoms with Crippen LogP contribution < -0.4 is 5.32 Å². The molecule has 0 bridgehead atoms. The van der Waals surface area contributed by atoms with Crippen molar-refractivity contribution in [3.63, 3.8) is 0 Å². The number of hydrogen-bond acceptors (Lipinski definition) is 2. The van der Waals surface area contributed by atoms with Crippen molar-refractivity contribution in [1.29, 1.82) is 0 Å². The number of carbonyl (C=O) groups excluding carboxylic acids is 1. The third-order valence-electron chi connectivity index (χ3n) is 4.51. The average Bonchev–Trinajstić information content (AvgIpc) is 2.99. The van der Waals surface area contributed by atoms with E-state index in [1.165, 1.54) is 42.2 Å². The van der Waals surface area contributed by atoms with Crippen LogP contribution in [0.4, 0.5) is 0 Å². The molecule has 1 aromatic heterocycles. The Kier molecular flexibility index (Phi) is 7.87. The van der Waals surface area contributed by atoms with Crippen LogP contribution in [-0.4, -0.2) is 12.5 Å². The van der Waals surface area contributed by atoms with Crippen molar-refractivity contribution < 1.29 is 9.21 Å².